The minimum Gasteiger partial charge on any atom is -0.332 e. The molecule has 7 heteroatoms. The number of carbonyl (C=O) groups excluding carboxylic acids is 1. The number of aryl methyl sites for hydroxylation is 1. The zero-order chi connectivity index (χ0) is 17.9. The first-order valence-electron chi connectivity index (χ1n) is 9.33. The molecular weight excluding hydrogens is 351 g/mol. The number of likely N-dealkylation sites (tertiary alicyclic amines) is 1. The van der Waals surface area contributed by atoms with E-state index in [1.807, 2.05) is 4.90 Å². The molecule has 138 valence electrons. The number of rotatable bonds is 4. The van der Waals surface area contributed by atoms with Gasteiger partial charge in [-0.2, -0.15) is 0 Å². The molecule has 1 atom stereocenters. The molecule has 2 aliphatic rings. The van der Waals surface area contributed by atoms with Gasteiger partial charge in [-0.05, 0) is 37.8 Å². The topological polar surface area (TPSA) is 51.0 Å². The number of thioether (sulfide) groups is 1. The van der Waals surface area contributed by atoms with Crippen molar-refractivity contribution < 1.29 is 9.18 Å². The monoisotopic (exact) mass is 374 g/mol. The van der Waals surface area contributed by atoms with Gasteiger partial charge in [-0.25, -0.2) is 4.39 Å². The molecular formula is C19H23FN4OS. The van der Waals surface area contributed by atoms with Gasteiger partial charge in [0.1, 0.15) is 11.6 Å². The number of fused-ring (bicyclic) bond motifs is 1. The number of hydrogen-bond donors (Lipinski definition) is 0. The smallest absolute Gasteiger partial charge is 0.233 e. The minimum atomic E-state index is -0.272. The Morgan fingerprint density at radius 3 is 2.92 bits per heavy atom. The van der Waals surface area contributed by atoms with Gasteiger partial charge in [0.2, 0.25) is 5.91 Å². The molecule has 3 heterocycles. The number of aromatic nitrogens is 3. The van der Waals surface area contributed by atoms with Crippen LogP contribution in [0.4, 0.5) is 4.39 Å². The zero-order valence-electron chi connectivity index (χ0n) is 14.7. The highest BCUT2D eigenvalue weighted by Gasteiger charge is 2.34. The normalized spacial score (nSPS) is 20.0. The quantitative estimate of drug-likeness (QED) is 0.768. The first-order valence-corrected chi connectivity index (χ1v) is 10.3. The molecule has 2 aliphatic heterocycles. The molecule has 1 aromatic carbocycles. The van der Waals surface area contributed by atoms with E-state index >= 15 is 0 Å². The van der Waals surface area contributed by atoms with Crippen LogP contribution in [-0.4, -0.2) is 37.9 Å². The van der Waals surface area contributed by atoms with Crippen LogP contribution in [0.2, 0.25) is 0 Å². The molecule has 2 aromatic rings. The molecule has 1 saturated heterocycles. The summed E-state index contributed by atoms with van der Waals surface area (Å²) in [5, 5.41) is 8.82. The van der Waals surface area contributed by atoms with Gasteiger partial charge in [0.05, 0.1) is 11.8 Å². The van der Waals surface area contributed by atoms with E-state index in [4.69, 9.17) is 0 Å². The second kappa shape index (κ2) is 7.78. The lowest BCUT2D eigenvalue weighted by Crippen LogP contribution is -2.33. The maximum atomic E-state index is 13.8. The second-order valence-corrected chi connectivity index (χ2v) is 7.92. The summed E-state index contributed by atoms with van der Waals surface area (Å²) in [6.07, 6.45) is 6.38. The van der Waals surface area contributed by atoms with E-state index in [2.05, 4.69) is 14.8 Å². The van der Waals surface area contributed by atoms with Crippen LogP contribution in [0.15, 0.2) is 29.2 Å². The van der Waals surface area contributed by atoms with Gasteiger partial charge in [0.25, 0.3) is 0 Å². The minimum absolute atomic E-state index is 0.00284. The fourth-order valence-corrected chi connectivity index (χ4v) is 4.70. The Kier molecular flexibility index (Phi) is 5.24. The number of nitrogens with zero attached hydrogens (tertiary/aromatic N) is 4. The highest BCUT2D eigenvalue weighted by atomic mass is 32.2. The van der Waals surface area contributed by atoms with Gasteiger partial charge in [0, 0.05) is 24.4 Å². The lowest BCUT2D eigenvalue weighted by atomic mass is 10.2. The summed E-state index contributed by atoms with van der Waals surface area (Å²) in [5.41, 5.74) is 0. The molecule has 0 saturated carbocycles. The van der Waals surface area contributed by atoms with E-state index in [0.717, 1.165) is 56.8 Å². The maximum absolute atomic E-state index is 13.8. The van der Waals surface area contributed by atoms with Crippen LogP contribution in [-0.2, 0) is 17.8 Å². The number of carbonyl (C=O) groups is 1. The van der Waals surface area contributed by atoms with Crippen molar-refractivity contribution in [1.82, 2.24) is 19.7 Å². The fourth-order valence-electron chi connectivity index (χ4n) is 3.87. The standard InChI is InChI=1S/C19H23FN4OS/c20-14-7-3-4-9-16(14)26-13-18(25)23-12-6-8-15(23)19-22-21-17-10-2-1-5-11-24(17)19/h3-4,7,9,15H,1-2,5-6,8,10-13H2. The molecule has 5 nitrogen and oxygen atoms in total. The summed E-state index contributed by atoms with van der Waals surface area (Å²) in [5.74, 6) is 2.01. The van der Waals surface area contributed by atoms with Gasteiger partial charge in [0.15, 0.2) is 5.82 Å². The van der Waals surface area contributed by atoms with E-state index in [1.54, 1.807) is 18.2 Å². The SMILES string of the molecule is O=C(CSc1ccccc1F)N1CCCC1c1nnc2n1CCCCC2. The largest absolute Gasteiger partial charge is 0.332 e. The molecule has 0 spiro atoms. The molecule has 0 radical (unpaired) electrons. The fraction of sp³-hybridized carbons (Fsp3) is 0.526. The number of benzene rings is 1. The molecule has 0 aliphatic carbocycles. The molecule has 1 amide bonds. The second-order valence-electron chi connectivity index (χ2n) is 6.90. The van der Waals surface area contributed by atoms with Gasteiger partial charge >= 0.3 is 0 Å². The third kappa shape index (κ3) is 3.49. The Hall–Kier alpha value is -1.89. The molecule has 0 bridgehead atoms. The average Bonchev–Trinajstić information content (AvgIpc) is 3.21. The van der Waals surface area contributed by atoms with Crippen LogP contribution in [0.5, 0.6) is 0 Å². The van der Waals surface area contributed by atoms with Crippen LogP contribution in [0.3, 0.4) is 0 Å². The Morgan fingerprint density at radius 1 is 1.15 bits per heavy atom. The van der Waals surface area contributed by atoms with Crippen LogP contribution < -0.4 is 0 Å². The predicted molar refractivity (Wildman–Crippen MR) is 98.4 cm³/mol. The van der Waals surface area contributed by atoms with Crippen molar-refractivity contribution in [2.24, 2.45) is 0 Å². The Balaban J connectivity index is 1.47. The molecule has 1 aromatic heterocycles. The van der Waals surface area contributed by atoms with Crippen LogP contribution in [0.25, 0.3) is 0 Å². The Morgan fingerprint density at radius 2 is 2.04 bits per heavy atom. The highest BCUT2D eigenvalue weighted by molar-refractivity contribution is 8.00. The van der Waals surface area contributed by atoms with Crippen molar-refractivity contribution in [3.05, 3.63) is 41.7 Å². The van der Waals surface area contributed by atoms with Crippen molar-refractivity contribution in [3.8, 4) is 0 Å². The number of amides is 1. The Labute approximate surface area is 157 Å². The van der Waals surface area contributed by atoms with Crippen molar-refractivity contribution in [1.29, 1.82) is 0 Å². The highest BCUT2D eigenvalue weighted by Crippen LogP contribution is 2.33. The van der Waals surface area contributed by atoms with Crippen LogP contribution >= 0.6 is 11.8 Å². The summed E-state index contributed by atoms with van der Waals surface area (Å²) in [7, 11) is 0. The molecule has 4 rings (SSSR count). The third-order valence-electron chi connectivity index (χ3n) is 5.20. The van der Waals surface area contributed by atoms with Crippen molar-refractivity contribution in [2.45, 2.75) is 56.0 Å². The summed E-state index contributed by atoms with van der Waals surface area (Å²) in [6, 6.07) is 6.60. The van der Waals surface area contributed by atoms with Crippen molar-refractivity contribution in [2.75, 3.05) is 12.3 Å². The van der Waals surface area contributed by atoms with Gasteiger partial charge in [-0.1, -0.05) is 18.6 Å². The van der Waals surface area contributed by atoms with E-state index in [0.29, 0.717) is 4.90 Å². The molecule has 1 fully saturated rings. The van der Waals surface area contributed by atoms with E-state index in [9.17, 15) is 9.18 Å². The first kappa shape index (κ1) is 17.5. The first-order chi connectivity index (χ1) is 12.7. The zero-order valence-corrected chi connectivity index (χ0v) is 15.6. The molecule has 26 heavy (non-hydrogen) atoms. The molecule has 0 N–H and O–H groups in total. The predicted octanol–water partition coefficient (Wildman–Crippen LogP) is 3.60. The van der Waals surface area contributed by atoms with Gasteiger partial charge in [-0.15, -0.1) is 22.0 Å². The number of halogens is 1. The average molecular weight is 374 g/mol. The summed E-state index contributed by atoms with van der Waals surface area (Å²) >= 11 is 1.26. The van der Waals surface area contributed by atoms with E-state index in [1.165, 1.54) is 24.2 Å². The van der Waals surface area contributed by atoms with Gasteiger partial charge in [-0.3, -0.25) is 4.79 Å². The van der Waals surface area contributed by atoms with Crippen LogP contribution in [0, 0.1) is 5.82 Å². The lowest BCUT2D eigenvalue weighted by molar-refractivity contribution is -0.129. The van der Waals surface area contributed by atoms with E-state index < -0.39 is 0 Å². The maximum Gasteiger partial charge on any atom is 0.233 e. The van der Waals surface area contributed by atoms with Gasteiger partial charge < -0.3 is 9.47 Å². The number of hydrogen-bond acceptors (Lipinski definition) is 4. The molecule has 1 unspecified atom stereocenters. The van der Waals surface area contributed by atoms with E-state index in [-0.39, 0.29) is 23.5 Å². The summed E-state index contributed by atoms with van der Waals surface area (Å²) in [6.45, 7) is 1.68. The Bertz CT molecular complexity index is 794. The van der Waals surface area contributed by atoms with Crippen LogP contribution in [0.1, 0.15) is 49.8 Å². The van der Waals surface area contributed by atoms with Crippen molar-refractivity contribution >= 4 is 17.7 Å². The lowest BCUT2D eigenvalue weighted by Gasteiger charge is -2.24. The summed E-state index contributed by atoms with van der Waals surface area (Å²) < 4.78 is 16.0. The van der Waals surface area contributed by atoms with Crippen molar-refractivity contribution in [3.63, 3.8) is 0 Å². The third-order valence-corrected chi connectivity index (χ3v) is 6.23. The summed E-state index contributed by atoms with van der Waals surface area (Å²) in [4.78, 5) is 15.2.